The Morgan fingerprint density at radius 3 is 2.67 bits per heavy atom. The summed E-state index contributed by atoms with van der Waals surface area (Å²) in [6.45, 7) is 2.06. The SMILES string of the molecule is CCC(N)Cc1ccc(-c2ccc(Cl)cc2Cl)o1. The van der Waals surface area contributed by atoms with Gasteiger partial charge in [-0.05, 0) is 36.8 Å². The Morgan fingerprint density at radius 1 is 1.22 bits per heavy atom. The minimum absolute atomic E-state index is 0.129. The van der Waals surface area contributed by atoms with Gasteiger partial charge in [-0.15, -0.1) is 0 Å². The molecule has 0 fully saturated rings. The fourth-order valence-electron chi connectivity index (χ4n) is 1.72. The maximum Gasteiger partial charge on any atom is 0.135 e. The maximum absolute atomic E-state index is 6.14. The Kier molecular flexibility index (Phi) is 4.33. The Morgan fingerprint density at radius 2 is 2.00 bits per heavy atom. The van der Waals surface area contributed by atoms with Crippen LogP contribution in [0.1, 0.15) is 19.1 Å². The Labute approximate surface area is 117 Å². The fourth-order valence-corrected chi connectivity index (χ4v) is 2.23. The molecule has 1 heterocycles. The summed E-state index contributed by atoms with van der Waals surface area (Å²) in [5.74, 6) is 1.63. The number of rotatable bonds is 4. The minimum atomic E-state index is 0.129. The first-order valence-corrected chi connectivity index (χ1v) is 6.65. The van der Waals surface area contributed by atoms with Gasteiger partial charge in [-0.25, -0.2) is 0 Å². The van der Waals surface area contributed by atoms with Gasteiger partial charge in [0.2, 0.25) is 0 Å². The predicted molar refractivity (Wildman–Crippen MR) is 76.1 cm³/mol. The molecule has 0 radical (unpaired) electrons. The van der Waals surface area contributed by atoms with Crippen LogP contribution in [-0.2, 0) is 6.42 Å². The zero-order chi connectivity index (χ0) is 13.1. The first kappa shape index (κ1) is 13.5. The van der Waals surface area contributed by atoms with E-state index in [1.165, 1.54) is 0 Å². The van der Waals surface area contributed by atoms with Crippen molar-refractivity contribution in [2.75, 3.05) is 0 Å². The fraction of sp³-hybridized carbons (Fsp3) is 0.286. The lowest BCUT2D eigenvalue weighted by Crippen LogP contribution is -2.20. The van der Waals surface area contributed by atoms with Crippen molar-refractivity contribution in [2.45, 2.75) is 25.8 Å². The second-order valence-electron chi connectivity index (χ2n) is 4.26. The van der Waals surface area contributed by atoms with Crippen LogP contribution >= 0.6 is 23.2 Å². The van der Waals surface area contributed by atoms with Gasteiger partial charge in [-0.3, -0.25) is 0 Å². The van der Waals surface area contributed by atoms with Gasteiger partial charge < -0.3 is 10.2 Å². The zero-order valence-corrected chi connectivity index (χ0v) is 11.6. The summed E-state index contributed by atoms with van der Waals surface area (Å²) >= 11 is 12.0. The molecule has 1 aromatic carbocycles. The van der Waals surface area contributed by atoms with Crippen LogP contribution in [0.3, 0.4) is 0 Å². The van der Waals surface area contributed by atoms with E-state index in [2.05, 4.69) is 6.92 Å². The van der Waals surface area contributed by atoms with Crippen LogP contribution in [0.5, 0.6) is 0 Å². The van der Waals surface area contributed by atoms with Gasteiger partial charge >= 0.3 is 0 Å². The maximum atomic E-state index is 6.14. The van der Waals surface area contributed by atoms with Crippen LogP contribution in [0.4, 0.5) is 0 Å². The molecule has 0 spiro atoms. The lowest BCUT2D eigenvalue weighted by molar-refractivity contribution is 0.490. The van der Waals surface area contributed by atoms with Gasteiger partial charge in [0, 0.05) is 23.0 Å². The van der Waals surface area contributed by atoms with E-state index >= 15 is 0 Å². The highest BCUT2D eigenvalue weighted by Crippen LogP contribution is 2.31. The lowest BCUT2D eigenvalue weighted by atomic mass is 10.1. The second kappa shape index (κ2) is 5.79. The topological polar surface area (TPSA) is 39.2 Å². The number of furan rings is 1. The van der Waals surface area contributed by atoms with Crippen molar-refractivity contribution < 1.29 is 4.42 Å². The molecule has 2 N–H and O–H groups in total. The standard InChI is InChI=1S/C14H15Cl2NO/c1-2-10(17)8-11-4-6-14(18-11)12-5-3-9(15)7-13(12)16/h3-7,10H,2,8,17H2,1H3. The summed E-state index contributed by atoms with van der Waals surface area (Å²) in [5, 5.41) is 1.20. The van der Waals surface area contributed by atoms with Crippen molar-refractivity contribution >= 4 is 23.2 Å². The third-order valence-corrected chi connectivity index (χ3v) is 3.39. The summed E-state index contributed by atoms with van der Waals surface area (Å²) in [4.78, 5) is 0. The van der Waals surface area contributed by atoms with E-state index in [0.29, 0.717) is 10.0 Å². The van der Waals surface area contributed by atoms with Gasteiger partial charge in [-0.2, -0.15) is 0 Å². The smallest absolute Gasteiger partial charge is 0.135 e. The summed E-state index contributed by atoms with van der Waals surface area (Å²) in [7, 11) is 0. The number of hydrogen-bond acceptors (Lipinski definition) is 2. The number of nitrogens with two attached hydrogens (primary N) is 1. The molecule has 0 bridgehead atoms. The largest absolute Gasteiger partial charge is 0.461 e. The van der Waals surface area contributed by atoms with Crippen molar-refractivity contribution in [3.63, 3.8) is 0 Å². The average molecular weight is 284 g/mol. The van der Waals surface area contributed by atoms with Gasteiger partial charge in [-0.1, -0.05) is 30.1 Å². The molecule has 2 aromatic rings. The molecule has 2 rings (SSSR count). The molecule has 18 heavy (non-hydrogen) atoms. The van der Waals surface area contributed by atoms with Gasteiger partial charge in [0.15, 0.2) is 0 Å². The van der Waals surface area contributed by atoms with Crippen LogP contribution in [0.25, 0.3) is 11.3 Å². The highest BCUT2D eigenvalue weighted by Gasteiger charge is 2.10. The zero-order valence-electron chi connectivity index (χ0n) is 10.1. The first-order chi connectivity index (χ1) is 8.60. The van der Waals surface area contributed by atoms with Gasteiger partial charge in [0.05, 0.1) is 5.02 Å². The van der Waals surface area contributed by atoms with Crippen LogP contribution in [0.15, 0.2) is 34.7 Å². The molecular formula is C14H15Cl2NO. The van der Waals surface area contributed by atoms with E-state index in [-0.39, 0.29) is 6.04 Å². The Balaban J connectivity index is 2.24. The van der Waals surface area contributed by atoms with Crippen LogP contribution < -0.4 is 5.73 Å². The molecular weight excluding hydrogens is 269 g/mol. The molecule has 0 aliphatic heterocycles. The summed E-state index contributed by atoms with van der Waals surface area (Å²) in [5.41, 5.74) is 6.74. The predicted octanol–water partition coefficient (Wildman–Crippen LogP) is 4.53. The van der Waals surface area contributed by atoms with Gasteiger partial charge in [0.1, 0.15) is 11.5 Å². The van der Waals surface area contributed by atoms with E-state index in [9.17, 15) is 0 Å². The first-order valence-electron chi connectivity index (χ1n) is 5.90. The van der Waals surface area contributed by atoms with E-state index in [4.69, 9.17) is 33.4 Å². The van der Waals surface area contributed by atoms with Crippen LogP contribution in [0.2, 0.25) is 10.0 Å². The molecule has 1 aromatic heterocycles. The molecule has 96 valence electrons. The Hall–Kier alpha value is -0.960. The summed E-state index contributed by atoms with van der Waals surface area (Å²) in [6, 6.07) is 9.33. The van der Waals surface area contributed by atoms with Crippen LogP contribution in [-0.4, -0.2) is 6.04 Å². The number of hydrogen-bond donors (Lipinski definition) is 1. The van der Waals surface area contributed by atoms with Crippen LogP contribution in [0, 0.1) is 0 Å². The molecule has 1 atom stereocenters. The molecule has 0 saturated carbocycles. The monoisotopic (exact) mass is 283 g/mol. The normalized spacial score (nSPS) is 12.7. The lowest BCUT2D eigenvalue weighted by Gasteiger charge is -2.05. The highest BCUT2D eigenvalue weighted by molar-refractivity contribution is 6.36. The summed E-state index contributed by atoms with van der Waals surface area (Å²) < 4.78 is 5.76. The Bertz CT molecular complexity index is 536. The van der Waals surface area contributed by atoms with E-state index in [0.717, 1.165) is 29.9 Å². The molecule has 2 nitrogen and oxygen atoms in total. The van der Waals surface area contributed by atoms with Gasteiger partial charge in [0.25, 0.3) is 0 Å². The van der Waals surface area contributed by atoms with Crippen molar-refractivity contribution in [2.24, 2.45) is 5.73 Å². The van der Waals surface area contributed by atoms with Crippen molar-refractivity contribution in [3.05, 3.63) is 46.1 Å². The molecule has 0 aliphatic carbocycles. The molecule has 0 amide bonds. The number of benzene rings is 1. The third-order valence-electron chi connectivity index (χ3n) is 2.85. The van der Waals surface area contributed by atoms with E-state index < -0.39 is 0 Å². The third kappa shape index (κ3) is 3.08. The van der Waals surface area contributed by atoms with Crippen molar-refractivity contribution in [1.29, 1.82) is 0 Å². The number of halogens is 2. The molecule has 0 aliphatic rings. The average Bonchev–Trinajstić information content (AvgIpc) is 2.77. The quantitative estimate of drug-likeness (QED) is 0.895. The summed E-state index contributed by atoms with van der Waals surface area (Å²) in [6.07, 6.45) is 1.67. The molecule has 0 saturated heterocycles. The minimum Gasteiger partial charge on any atom is -0.461 e. The highest BCUT2D eigenvalue weighted by atomic mass is 35.5. The molecule has 1 unspecified atom stereocenters. The van der Waals surface area contributed by atoms with Crippen molar-refractivity contribution in [1.82, 2.24) is 0 Å². The van der Waals surface area contributed by atoms with E-state index in [1.54, 1.807) is 12.1 Å². The second-order valence-corrected chi connectivity index (χ2v) is 5.11. The van der Waals surface area contributed by atoms with Crippen molar-refractivity contribution in [3.8, 4) is 11.3 Å². The van der Waals surface area contributed by atoms with E-state index in [1.807, 2.05) is 18.2 Å². The molecule has 4 heteroatoms.